The lowest BCUT2D eigenvalue weighted by molar-refractivity contribution is -0.0944. The molecule has 0 spiro atoms. The van der Waals surface area contributed by atoms with Gasteiger partial charge in [0.15, 0.2) is 0 Å². The van der Waals surface area contributed by atoms with Crippen LogP contribution in [-0.4, -0.2) is 67.9 Å². The van der Waals surface area contributed by atoms with Crippen molar-refractivity contribution in [3.05, 3.63) is 220 Å². The van der Waals surface area contributed by atoms with Gasteiger partial charge in [-0.05, 0) is 88.8 Å². The number of hydrogen-bond donors (Lipinski definition) is 3. The maximum atomic E-state index is 13.5. The van der Waals surface area contributed by atoms with Crippen molar-refractivity contribution in [1.29, 1.82) is 0 Å². The first-order valence-electron chi connectivity index (χ1n) is 21.5. The van der Waals surface area contributed by atoms with E-state index >= 15 is 0 Å². The lowest BCUT2D eigenvalue weighted by Gasteiger charge is -2.37. The molecule has 11 heteroatoms. The Kier molecular flexibility index (Phi) is 13.8. The maximum Gasteiger partial charge on any atom is 0.351 e. The molecule has 7 aromatic rings. The first kappa shape index (κ1) is 43.9. The van der Waals surface area contributed by atoms with Gasteiger partial charge in [-0.1, -0.05) is 127 Å². The summed E-state index contributed by atoms with van der Waals surface area (Å²) in [5.41, 5.74) is 3.71. The second kappa shape index (κ2) is 20.2. The molecule has 1 aliphatic rings. The van der Waals surface area contributed by atoms with Crippen LogP contribution < -0.4 is 30.5 Å². The lowest BCUT2D eigenvalue weighted by Crippen LogP contribution is -2.45. The number of rotatable bonds is 19. The Bertz CT molecular complexity index is 2510. The van der Waals surface area contributed by atoms with E-state index in [0.717, 1.165) is 45.6 Å². The van der Waals surface area contributed by atoms with E-state index < -0.39 is 35.3 Å². The van der Waals surface area contributed by atoms with E-state index in [0.29, 0.717) is 30.4 Å². The van der Waals surface area contributed by atoms with E-state index in [2.05, 4.69) is 76.3 Å². The number of aliphatic hydroxyl groups is 1. The molecule has 8 rings (SSSR count). The second-order valence-electron chi connectivity index (χ2n) is 15.7. The minimum Gasteiger partial charge on any atom is -0.497 e. The normalized spacial score (nSPS) is 16.3. The van der Waals surface area contributed by atoms with Crippen LogP contribution in [0.3, 0.4) is 0 Å². The zero-order chi connectivity index (χ0) is 44.4. The van der Waals surface area contributed by atoms with Gasteiger partial charge in [0, 0.05) is 19.2 Å². The number of ether oxygens (including phenoxy) is 5. The molecule has 0 aliphatic carbocycles. The van der Waals surface area contributed by atoms with Gasteiger partial charge in [0.2, 0.25) is 0 Å². The summed E-state index contributed by atoms with van der Waals surface area (Å²) in [4.78, 5) is 17.9. The van der Waals surface area contributed by atoms with Crippen LogP contribution in [0.1, 0.15) is 52.5 Å². The van der Waals surface area contributed by atoms with Gasteiger partial charge in [-0.3, -0.25) is 9.88 Å². The van der Waals surface area contributed by atoms with Gasteiger partial charge < -0.3 is 34.1 Å². The molecular formula is C53H54N4O7. The number of benzene rings is 6. The summed E-state index contributed by atoms with van der Waals surface area (Å²) in [7, 11) is 4.93. The molecule has 0 radical (unpaired) electrons. The molecule has 0 unspecified atom stereocenters. The van der Waals surface area contributed by atoms with Crippen molar-refractivity contribution in [2.45, 2.75) is 42.4 Å². The predicted molar refractivity (Wildman–Crippen MR) is 248 cm³/mol. The third-order valence-corrected chi connectivity index (χ3v) is 12.0. The lowest BCUT2D eigenvalue weighted by atomic mass is 9.77. The van der Waals surface area contributed by atoms with Crippen molar-refractivity contribution >= 4 is 5.82 Å². The van der Waals surface area contributed by atoms with Crippen LogP contribution in [0, 0.1) is 0 Å². The molecule has 1 aliphatic heterocycles. The molecule has 3 atom stereocenters. The minimum absolute atomic E-state index is 0.0226. The third-order valence-electron chi connectivity index (χ3n) is 12.0. The first-order chi connectivity index (χ1) is 31.4. The minimum atomic E-state index is -1.09. The standard InChI is InChI=1S/C53H54N4O7/c1-60-44-26-20-40(21-27-44)52(38-14-7-4-8-15-38,39-16-9-5-10-17-39)55-34-13-33-54-49-32-35-57(51(59)56-49)50-36-47(58)48(64-50)37-63-53(41-18-11-6-12-19-41,42-22-28-45(61-2)29-23-42)43-24-30-46(62-3)31-25-43/h4-12,14-32,35,47-48,50,55,58H,13,33-34,36-37H2,1-3H3,(H,54,56,59)/t47-,48+,50+/m0/s1. The van der Waals surface area contributed by atoms with Crippen molar-refractivity contribution in [2.24, 2.45) is 0 Å². The van der Waals surface area contributed by atoms with Gasteiger partial charge in [0.1, 0.15) is 41.0 Å². The summed E-state index contributed by atoms with van der Waals surface area (Å²) in [6, 6.07) is 56.3. The molecule has 2 heterocycles. The van der Waals surface area contributed by atoms with Crippen LogP contribution in [0.15, 0.2) is 181 Å². The van der Waals surface area contributed by atoms with Gasteiger partial charge in [-0.25, -0.2) is 4.79 Å². The molecule has 1 saturated heterocycles. The van der Waals surface area contributed by atoms with Gasteiger partial charge in [0.05, 0.1) is 39.6 Å². The summed E-state index contributed by atoms with van der Waals surface area (Å²) >= 11 is 0. The summed E-state index contributed by atoms with van der Waals surface area (Å²) in [6.45, 7) is 1.24. The quantitative estimate of drug-likeness (QED) is 0.0541. The third kappa shape index (κ3) is 9.15. The molecule has 6 aromatic carbocycles. The Morgan fingerprint density at radius 2 is 1.08 bits per heavy atom. The maximum absolute atomic E-state index is 13.5. The van der Waals surface area contributed by atoms with E-state index in [-0.39, 0.29) is 13.0 Å². The number of aliphatic hydroxyl groups excluding tert-OH is 1. The Hall–Kier alpha value is -6.76. The molecule has 0 amide bonds. The summed E-state index contributed by atoms with van der Waals surface area (Å²) in [6.07, 6.45) is 0.212. The Balaban J connectivity index is 0.951. The Morgan fingerprint density at radius 1 is 0.625 bits per heavy atom. The van der Waals surface area contributed by atoms with E-state index in [1.165, 1.54) is 4.57 Å². The Morgan fingerprint density at radius 3 is 1.56 bits per heavy atom. The fraction of sp³-hybridized carbons (Fsp3) is 0.245. The van der Waals surface area contributed by atoms with Crippen LogP contribution >= 0.6 is 0 Å². The summed E-state index contributed by atoms with van der Waals surface area (Å²) in [5.74, 6) is 2.67. The average molecular weight is 859 g/mol. The van der Waals surface area contributed by atoms with Crippen LogP contribution in [-0.2, 0) is 20.6 Å². The molecule has 11 nitrogen and oxygen atoms in total. The molecule has 0 bridgehead atoms. The number of anilines is 1. The summed E-state index contributed by atoms with van der Waals surface area (Å²) in [5, 5.41) is 18.6. The first-order valence-corrected chi connectivity index (χ1v) is 21.5. The molecule has 3 N–H and O–H groups in total. The number of nitrogens with zero attached hydrogens (tertiary/aromatic N) is 2. The van der Waals surface area contributed by atoms with Crippen molar-refractivity contribution in [2.75, 3.05) is 46.3 Å². The van der Waals surface area contributed by atoms with Gasteiger partial charge in [0.25, 0.3) is 0 Å². The van der Waals surface area contributed by atoms with Crippen LogP contribution in [0.5, 0.6) is 17.2 Å². The fourth-order valence-electron chi connectivity index (χ4n) is 8.65. The zero-order valence-electron chi connectivity index (χ0n) is 36.3. The number of methoxy groups -OCH3 is 3. The molecular weight excluding hydrogens is 805 g/mol. The molecule has 328 valence electrons. The van der Waals surface area contributed by atoms with Crippen LogP contribution in [0.25, 0.3) is 0 Å². The highest BCUT2D eigenvalue weighted by Gasteiger charge is 2.42. The molecule has 1 fully saturated rings. The smallest absolute Gasteiger partial charge is 0.351 e. The van der Waals surface area contributed by atoms with Crippen molar-refractivity contribution in [3.63, 3.8) is 0 Å². The monoisotopic (exact) mass is 858 g/mol. The molecule has 0 saturated carbocycles. The van der Waals surface area contributed by atoms with E-state index in [1.807, 2.05) is 103 Å². The van der Waals surface area contributed by atoms with Crippen LogP contribution in [0.2, 0.25) is 0 Å². The Labute approximate surface area is 374 Å². The highest BCUT2D eigenvalue weighted by Crippen LogP contribution is 2.43. The van der Waals surface area contributed by atoms with Crippen molar-refractivity contribution < 1.29 is 28.8 Å². The van der Waals surface area contributed by atoms with Gasteiger partial charge in [-0.2, -0.15) is 4.98 Å². The van der Waals surface area contributed by atoms with Crippen molar-refractivity contribution in [1.82, 2.24) is 14.9 Å². The summed E-state index contributed by atoms with van der Waals surface area (Å²) < 4.78 is 31.3. The van der Waals surface area contributed by atoms with Gasteiger partial charge in [-0.15, -0.1) is 0 Å². The van der Waals surface area contributed by atoms with E-state index in [4.69, 9.17) is 23.7 Å². The van der Waals surface area contributed by atoms with E-state index in [9.17, 15) is 9.90 Å². The number of aromatic nitrogens is 2. The highest BCUT2D eigenvalue weighted by atomic mass is 16.6. The molecule has 64 heavy (non-hydrogen) atoms. The number of hydrogen-bond acceptors (Lipinski definition) is 10. The second-order valence-corrected chi connectivity index (χ2v) is 15.7. The average Bonchev–Trinajstić information content (AvgIpc) is 3.73. The SMILES string of the molecule is COc1ccc(C(NCCCNc2ccn([C@H]3C[C@H](O)[C@@H](COC(c4ccccc4)(c4ccc(OC)cc4)c4ccc(OC)cc4)O3)c(=O)n2)(c2ccccc2)c2ccccc2)cc1. The molecule has 1 aromatic heterocycles. The predicted octanol–water partition coefficient (Wildman–Crippen LogP) is 8.31. The van der Waals surface area contributed by atoms with Crippen molar-refractivity contribution in [3.8, 4) is 17.2 Å². The topological polar surface area (TPSA) is 125 Å². The highest BCUT2D eigenvalue weighted by molar-refractivity contribution is 5.52. The number of nitrogens with one attached hydrogen (secondary N) is 2. The fourth-order valence-corrected chi connectivity index (χ4v) is 8.65. The van der Waals surface area contributed by atoms with Gasteiger partial charge >= 0.3 is 5.69 Å². The zero-order valence-corrected chi connectivity index (χ0v) is 36.3. The largest absolute Gasteiger partial charge is 0.497 e. The van der Waals surface area contributed by atoms with Crippen LogP contribution in [0.4, 0.5) is 5.82 Å². The van der Waals surface area contributed by atoms with E-state index in [1.54, 1.807) is 33.6 Å².